The highest BCUT2D eigenvalue weighted by atomic mass is 32.3. The van der Waals surface area contributed by atoms with E-state index in [1.807, 2.05) is 0 Å². The van der Waals surface area contributed by atoms with Crippen LogP contribution in [0.2, 0.25) is 0 Å². The van der Waals surface area contributed by atoms with Crippen molar-refractivity contribution in [3.63, 3.8) is 0 Å². The highest BCUT2D eigenvalue weighted by Crippen LogP contribution is 2.83. The van der Waals surface area contributed by atoms with Crippen LogP contribution in [-0.2, 0) is 0 Å². The zero-order chi connectivity index (χ0) is 3.49. The molecule has 2 fully saturated rings. The van der Waals surface area contributed by atoms with Gasteiger partial charge in [-0.2, -0.15) is 0 Å². The summed E-state index contributed by atoms with van der Waals surface area (Å²) in [6, 6.07) is 0. The predicted octanol–water partition coefficient (Wildman–Crippen LogP) is 1.52. The Morgan fingerprint density at radius 2 is 1.80 bits per heavy atom. The first kappa shape index (κ1) is 2.80. The van der Waals surface area contributed by atoms with Gasteiger partial charge in [-0.15, -0.1) is 23.5 Å². The van der Waals surface area contributed by atoms with Crippen LogP contribution < -0.4 is 0 Å². The van der Waals surface area contributed by atoms with E-state index in [1.165, 1.54) is 0 Å². The van der Waals surface area contributed by atoms with E-state index in [0.717, 1.165) is 8.66 Å². The fraction of sp³-hybridized carbons (Fsp3) is 1.00. The van der Waals surface area contributed by atoms with Gasteiger partial charge in [0.2, 0.25) is 0 Å². The highest BCUT2D eigenvalue weighted by molar-refractivity contribution is 8.45. The molecule has 0 saturated carbocycles. The molecule has 0 nitrogen and oxygen atoms in total. The Labute approximate surface area is 39.7 Å². The van der Waals surface area contributed by atoms with E-state index in [2.05, 4.69) is 30.4 Å². The summed E-state index contributed by atoms with van der Waals surface area (Å²) in [7, 11) is 0. The van der Waals surface area contributed by atoms with Crippen LogP contribution in [0.1, 0.15) is 6.92 Å². The van der Waals surface area contributed by atoms with Crippen molar-refractivity contribution in [2.75, 3.05) is 0 Å². The van der Waals surface area contributed by atoms with Gasteiger partial charge >= 0.3 is 0 Å². The molecule has 2 heterocycles. The van der Waals surface area contributed by atoms with Crippen LogP contribution in [0.15, 0.2) is 0 Å². The molecule has 0 unspecified atom stereocenters. The second-order valence-electron chi connectivity index (χ2n) is 1.58. The van der Waals surface area contributed by atoms with Crippen molar-refractivity contribution in [1.29, 1.82) is 0 Å². The molecule has 0 aromatic carbocycles. The average molecular weight is 104 g/mol. The van der Waals surface area contributed by atoms with E-state index in [0.29, 0.717) is 0 Å². The zero-order valence-corrected chi connectivity index (χ0v) is 4.53. The topological polar surface area (TPSA) is 0 Å². The Morgan fingerprint density at radius 1 is 1.60 bits per heavy atom. The first-order valence-electron chi connectivity index (χ1n) is 1.67. The molecule has 0 spiro atoms. The molecule has 0 aliphatic carbocycles. The summed E-state index contributed by atoms with van der Waals surface area (Å²) in [5.41, 5.74) is 0. The van der Waals surface area contributed by atoms with Gasteiger partial charge in [-0.05, 0) is 6.92 Å². The van der Waals surface area contributed by atoms with E-state index in [-0.39, 0.29) is 0 Å². The minimum Gasteiger partial charge on any atom is -0.126 e. The summed E-state index contributed by atoms with van der Waals surface area (Å²) in [5, 5.41) is 0. The number of thioether (sulfide) groups is 2. The normalized spacial score (nSPS) is 70.2. The first-order chi connectivity index (χ1) is 2.31. The molecule has 2 aliphatic rings. The largest absolute Gasteiger partial charge is 0.126 e. The molecule has 0 bridgehead atoms. The maximum Gasteiger partial charge on any atom is 0.0817 e. The van der Waals surface area contributed by atoms with E-state index >= 15 is 0 Å². The molecule has 2 heteroatoms. The van der Waals surface area contributed by atoms with E-state index in [4.69, 9.17) is 0 Å². The van der Waals surface area contributed by atoms with Gasteiger partial charge < -0.3 is 0 Å². The van der Waals surface area contributed by atoms with Crippen molar-refractivity contribution in [2.45, 2.75) is 15.6 Å². The fourth-order valence-corrected chi connectivity index (χ4v) is 2.59. The van der Waals surface area contributed by atoms with Crippen LogP contribution >= 0.6 is 23.5 Å². The Bertz CT molecular complexity index is 73.0. The zero-order valence-electron chi connectivity index (χ0n) is 2.89. The van der Waals surface area contributed by atoms with Crippen molar-refractivity contribution >= 4 is 23.5 Å². The smallest absolute Gasteiger partial charge is 0.0817 e. The average Bonchev–Trinajstić information content (AvgIpc) is 1.74. The van der Waals surface area contributed by atoms with Gasteiger partial charge in [0.05, 0.1) is 8.66 Å². The second-order valence-corrected chi connectivity index (χ2v) is 5.25. The SMILES string of the molecule is CC12SC1S2. The lowest BCUT2D eigenvalue weighted by Gasteiger charge is -1.77. The standard InChI is InChI=1S/C3H4S2/c1-3-2(4-3)5-3/h2H,1H3. The van der Waals surface area contributed by atoms with Crippen molar-refractivity contribution in [3.8, 4) is 0 Å². The third kappa shape index (κ3) is 0.212. The Morgan fingerprint density at radius 3 is 1.80 bits per heavy atom. The molecule has 28 valence electrons. The molecular weight excluding hydrogens is 100 g/mol. The molecule has 0 aromatic heterocycles. The van der Waals surface area contributed by atoms with Crippen LogP contribution in [0.4, 0.5) is 0 Å². The van der Waals surface area contributed by atoms with Gasteiger partial charge in [0.15, 0.2) is 0 Å². The maximum absolute atomic E-state index is 2.30. The van der Waals surface area contributed by atoms with Crippen molar-refractivity contribution in [3.05, 3.63) is 0 Å². The molecule has 5 heavy (non-hydrogen) atoms. The molecule has 2 saturated heterocycles. The summed E-state index contributed by atoms with van der Waals surface area (Å²) in [4.78, 5) is 0. The van der Waals surface area contributed by atoms with Crippen molar-refractivity contribution < 1.29 is 0 Å². The highest BCUT2D eigenvalue weighted by Gasteiger charge is 2.69. The van der Waals surface area contributed by atoms with E-state index in [1.54, 1.807) is 0 Å². The van der Waals surface area contributed by atoms with E-state index < -0.39 is 0 Å². The molecule has 2 aliphatic heterocycles. The van der Waals surface area contributed by atoms with Crippen LogP contribution in [0.3, 0.4) is 0 Å². The Kier molecular flexibility index (Phi) is 0.264. The summed E-state index contributed by atoms with van der Waals surface area (Å²) in [5.74, 6) is 0. The maximum atomic E-state index is 2.30. The van der Waals surface area contributed by atoms with Crippen LogP contribution in [-0.4, -0.2) is 8.66 Å². The summed E-state index contributed by atoms with van der Waals surface area (Å²) in [6.45, 7) is 2.30. The van der Waals surface area contributed by atoms with Crippen LogP contribution in [0.5, 0.6) is 0 Å². The number of fused-ring (bicyclic) bond motifs is 1. The van der Waals surface area contributed by atoms with Crippen molar-refractivity contribution in [1.82, 2.24) is 0 Å². The fourth-order valence-electron chi connectivity index (χ4n) is 0.366. The van der Waals surface area contributed by atoms with Crippen LogP contribution in [0.25, 0.3) is 0 Å². The molecule has 0 radical (unpaired) electrons. The lowest BCUT2D eigenvalue weighted by Crippen LogP contribution is -1.66. The van der Waals surface area contributed by atoms with Gasteiger partial charge in [-0.25, -0.2) is 0 Å². The second kappa shape index (κ2) is 0.470. The minimum absolute atomic E-state index is 0.750. The van der Waals surface area contributed by atoms with E-state index in [9.17, 15) is 0 Å². The Hall–Kier alpha value is 0.700. The molecule has 0 amide bonds. The molecule has 0 N–H and O–H groups in total. The van der Waals surface area contributed by atoms with Gasteiger partial charge in [0, 0.05) is 0 Å². The molecule has 0 aromatic rings. The quantitative estimate of drug-likeness (QED) is 0.427. The third-order valence-corrected chi connectivity index (χ3v) is 4.72. The summed E-state index contributed by atoms with van der Waals surface area (Å²) < 4.78 is 1.78. The number of rotatable bonds is 0. The third-order valence-electron chi connectivity index (χ3n) is 0.996. The lowest BCUT2D eigenvalue weighted by atomic mass is 10.6. The molecular formula is C3H4S2. The van der Waals surface area contributed by atoms with Crippen LogP contribution in [0, 0.1) is 0 Å². The lowest BCUT2D eigenvalue weighted by molar-refractivity contribution is 1.23. The van der Waals surface area contributed by atoms with Gasteiger partial charge in [-0.3, -0.25) is 0 Å². The summed E-state index contributed by atoms with van der Waals surface area (Å²) in [6.07, 6.45) is 0. The summed E-state index contributed by atoms with van der Waals surface area (Å²) >= 11 is 4.17. The monoisotopic (exact) mass is 104 g/mol. The van der Waals surface area contributed by atoms with Gasteiger partial charge in [0.25, 0.3) is 0 Å². The minimum atomic E-state index is 0.750. The first-order valence-corrected chi connectivity index (χ1v) is 3.43. The number of hydrogen-bond acceptors (Lipinski definition) is 2. The van der Waals surface area contributed by atoms with Crippen molar-refractivity contribution in [2.24, 2.45) is 0 Å². The molecule has 0 atom stereocenters. The Balaban J connectivity index is 2.37. The predicted molar refractivity (Wildman–Crippen MR) is 27.4 cm³/mol. The van der Waals surface area contributed by atoms with Gasteiger partial charge in [-0.1, -0.05) is 0 Å². The number of hydrogen-bond donors (Lipinski definition) is 0. The van der Waals surface area contributed by atoms with Gasteiger partial charge in [0.1, 0.15) is 0 Å². The molecule has 2 rings (SSSR count).